The van der Waals surface area contributed by atoms with Crippen molar-refractivity contribution in [2.45, 2.75) is 19.9 Å². The number of carbonyl (C=O) groups is 2. The van der Waals surface area contributed by atoms with Crippen LogP contribution in [0.5, 0.6) is 0 Å². The summed E-state index contributed by atoms with van der Waals surface area (Å²) in [5.74, 6) is -0.709. The molecule has 20 heavy (non-hydrogen) atoms. The van der Waals surface area contributed by atoms with Crippen molar-refractivity contribution in [2.24, 2.45) is 0 Å². The number of amides is 1. The lowest BCUT2D eigenvalue weighted by atomic mass is 10.3. The number of anilines is 1. The highest BCUT2D eigenvalue weighted by atomic mass is 32.1. The number of esters is 1. The number of thiazole rings is 1. The fraction of sp³-hybridized carbons (Fsp3) is 0.333. The van der Waals surface area contributed by atoms with Gasteiger partial charge in [-0.05, 0) is 19.9 Å². The maximum Gasteiger partial charge on any atom is 0.350 e. The smallest absolute Gasteiger partial charge is 0.350 e. The summed E-state index contributed by atoms with van der Waals surface area (Å²) in [4.78, 5) is 28.0. The van der Waals surface area contributed by atoms with Crippen molar-refractivity contribution in [1.29, 1.82) is 0 Å². The van der Waals surface area contributed by atoms with Gasteiger partial charge < -0.3 is 10.1 Å². The third kappa shape index (κ3) is 2.85. The largest absolute Gasteiger partial charge is 0.465 e. The van der Waals surface area contributed by atoms with E-state index in [1.807, 2.05) is 0 Å². The lowest BCUT2D eigenvalue weighted by Gasteiger charge is -2.10. The van der Waals surface area contributed by atoms with Gasteiger partial charge in [-0.1, -0.05) is 11.3 Å². The van der Waals surface area contributed by atoms with Gasteiger partial charge in [0.15, 0.2) is 5.13 Å². The van der Waals surface area contributed by atoms with Crippen LogP contribution in [0.2, 0.25) is 0 Å². The highest BCUT2D eigenvalue weighted by molar-refractivity contribution is 7.17. The average molecular weight is 294 g/mol. The number of nitrogens with zero attached hydrogens (tertiary/aromatic N) is 3. The summed E-state index contributed by atoms with van der Waals surface area (Å²) in [7, 11) is 1.31. The van der Waals surface area contributed by atoms with Gasteiger partial charge in [0.25, 0.3) is 5.91 Å². The maximum atomic E-state index is 12.0. The zero-order valence-corrected chi connectivity index (χ0v) is 12.1. The van der Waals surface area contributed by atoms with Crippen LogP contribution in [0.15, 0.2) is 18.5 Å². The molecule has 2 heterocycles. The highest BCUT2D eigenvalue weighted by Crippen LogP contribution is 2.24. The first-order chi connectivity index (χ1) is 9.52. The topological polar surface area (TPSA) is 86.1 Å². The summed E-state index contributed by atoms with van der Waals surface area (Å²) in [6.07, 6.45) is 3.31. The molecule has 0 bridgehead atoms. The van der Waals surface area contributed by atoms with E-state index in [4.69, 9.17) is 0 Å². The molecule has 0 aliphatic rings. The van der Waals surface area contributed by atoms with E-state index in [2.05, 4.69) is 20.1 Å². The van der Waals surface area contributed by atoms with Crippen molar-refractivity contribution >= 4 is 28.3 Å². The Balaban J connectivity index is 2.10. The summed E-state index contributed by atoms with van der Waals surface area (Å²) in [6.45, 7) is 3.42. The van der Waals surface area contributed by atoms with E-state index < -0.39 is 12.0 Å². The number of nitrogens with one attached hydrogen (secondary N) is 1. The molecule has 7 nitrogen and oxygen atoms in total. The molecule has 0 fully saturated rings. The first-order valence-corrected chi connectivity index (χ1v) is 6.70. The minimum Gasteiger partial charge on any atom is -0.465 e. The van der Waals surface area contributed by atoms with Crippen LogP contribution < -0.4 is 5.32 Å². The molecule has 1 amide bonds. The van der Waals surface area contributed by atoms with Crippen LogP contribution in [0.3, 0.4) is 0 Å². The molecule has 2 rings (SSSR count). The van der Waals surface area contributed by atoms with Crippen LogP contribution in [-0.2, 0) is 9.53 Å². The van der Waals surface area contributed by atoms with E-state index in [0.29, 0.717) is 15.7 Å². The molecule has 0 saturated carbocycles. The minimum absolute atomic E-state index is 0.251. The molecular formula is C12H14N4O3S. The molecule has 0 spiro atoms. The van der Waals surface area contributed by atoms with Crippen LogP contribution in [0.25, 0.3) is 0 Å². The van der Waals surface area contributed by atoms with Gasteiger partial charge in [-0.3, -0.25) is 9.48 Å². The van der Waals surface area contributed by atoms with Gasteiger partial charge in [-0.15, -0.1) is 0 Å². The Morgan fingerprint density at radius 2 is 2.25 bits per heavy atom. The van der Waals surface area contributed by atoms with Crippen LogP contribution in [0.1, 0.15) is 28.3 Å². The second kappa shape index (κ2) is 5.83. The summed E-state index contributed by atoms with van der Waals surface area (Å²) < 4.78 is 6.19. The van der Waals surface area contributed by atoms with E-state index in [9.17, 15) is 9.59 Å². The van der Waals surface area contributed by atoms with Crippen molar-refractivity contribution in [2.75, 3.05) is 12.4 Å². The Kier molecular flexibility index (Phi) is 4.14. The van der Waals surface area contributed by atoms with E-state index in [1.54, 1.807) is 32.3 Å². The van der Waals surface area contributed by atoms with Gasteiger partial charge in [0.2, 0.25) is 0 Å². The molecule has 106 valence electrons. The molecule has 0 aliphatic heterocycles. The summed E-state index contributed by atoms with van der Waals surface area (Å²) >= 11 is 1.09. The van der Waals surface area contributed by atoms with E-state index in [0.717, 1.165) is 11.3 Å². The van der Waals surface area contributed by atoms with Crippen molar-refractivity contribution in [3.63, 3.8) is 0 Å². The van der Waals surface area contributed by atoms with Gasteiger partial charge in [0.05, 0.1) is 12.8 Å². The number of aromatic nitrogens is 3. The molecule has 2 aromatic heterocycles. The van der Waals surface area contributed by atoms with Crippen LogP contribution in [-0.4, -0.2) is 33.8 Å². The minimum atomic E-state index is -0.462. The van der Waals surface area contributed by atoms with Gasteiger partial charge in [-0.2, -0.15) is 5.10 Å². The maximum absolute atomic E-state index is 12.0. The van der Waals surface area contributed by atoms with Crippen molar-refractivity contribution in [3.05, 3.63) is 29.0 Å². The van der Waals surface area contributed by atoms with E-state index in [-0.39, 0.29) is 5.91 Å². The molecule has 0 aliphatic carbocycles. The Labute approximate surface area is 119 Å². The summed E-state index contributed by atoms with van der Waals surface area (Å²) in [5, 5.41) is 7.05. The van der Waals surface area contributed by atoms with E-state index in [1.165, 1.54) is 11.8 Å². The number of carbonyl (C=O) groups excluding carboxylic acids is 2. The van der Waals surface area contributed by atoms with Gasteiger partial charge in [0, 0.05) is 12.4 Å². The number of ether oxygens (including phenoxy) is 1. The number of hydrogen-bond donors (Lipinski definition) is 1. The zero-order valence-electron chi connectivity index (χ0n) is 11.3. The fourth-order valence-electron chi connectivity index (χ4n) is 1.57. The fourth-order valence-corrected chi connectivity index (χ4v) is 2.46. The number of rotatable bonds is 4. The molecule has 2 aromatic rings. The normalized spacial score (nSPS) is 11.9. The number of methoxy groups -OCH3 is 1. The molecule has 8 heteroatoms. The molecular weight excluding hydrogens is 280 g/mol. The first-order valence-electron chi connectivity index (χ1n) is 5.88. The summed E-state index contributed by atoms with van der Waals surface area (Å²) in [6, 6.07) is 1.28. The van der Waals surface area contributed by atoms with Gasteiger partial charge in [-0.25, -0.2) is 9.78 Å². The van der Waals surface area contributed by atoms with Crippen LogP contribution in [0, 0.1) is 6.92 Å². The standard InChI is InChI=1S/C12H14N4O3S/c1-7-9(11(18)19-3)20-12(14-7)15-10(17)8(2)16-6-4-5-13-16/h4-6,8H,1-3H3,(H,14,15,17). The lowest BCUT2D eigenvalue weighted by molar-refractivity contribution is -0.119. The monoisotopic (exact) mass is 294 g/mol. The molecule has 1 atom stereocenters. The van der Waals surface area contributed by atoms with Crippen molar-refractivity contribution < 1.29 is 14.3 Å². The second-order valence-electron chi connectivity index (χ2n) is 4.08. The Morgan fingerprint density at radius 3 is 2.85 bits per heavy atom. The quantitative estimate of drug-likeness (QED) is 0.866. The predicted octanol–water partition coefficient (Wildman–Crippen LogP) is 1.63. The molecule has 1 N–H and O–H groups in total. The predicted molar refractivity (Wildman–Crippen MR) is 73.8 cm³/mol. The zero-order chi connectivity index (χ0) is 14.7. The Hall–Kier alpha value is -2.22. The third-order valence-electron chi connectivity index (χ3n) is 2.70. The molecule has 1 unspecified atom stereocenters. The van der Waals surface area contributed by atoms with Crippen LogP contribution in [0.4, 0.5) is 5.13 Å². The average Bonchev–Trinajstić information content (AvgIpc) is 3.06. The lowest BCUT2D eigenvalue weighted by Crippen LogP contribution is -2.23. The van der Waals surface area contributed by atoms with E-state index >= 15 is 0 Å². The SMILES string of the molecule is COC(=O)c1sc(NC(=O)C(C)n2cccn2)nc1C. The summed E-state index contributed by atoms with van der Waals surface area (Å²) in [5.41, 5.74) is 0.531. The highest BCUT2D eigenvalue weighted by Gasteiger charge is 2.20. The molecule has 0 aromatic carbocycles. The number of hydrogen-bond acceptors (Lipinski definition) is 6. The Bertz CT molecular complexity index is 621. The number of aryl methyl sites for hydroxylation is 1. The van der Waals surface area contributed by atoms with Gasteiger partial charge in [0.1, 0.15) is 10.9 Å². The van der Waals surface area contributed by atoms with Gasteiger partial charge >= 0.3 is 5.97 Å². The van der Waals surface area contributed by atoms with Crippen molar-refractivity contribution in [3.8, 4) is 0 Å². The first kappa shape index (κ1) is 14.2. The molecule has 0 saturated heterocycles. The second-order valence-corrected chi connectivity index (χ2v) is 5.08. The third-order valence-corrected chi connectivity index (χ3v) is 3.75. The van der Waals surface area contributed by atoms with Crippen LogP contribution >= 0.6 is 11.3 Å². The Morgan fingerprint density at radius 1 is 1.50 bits per heavy atom. The van der Waals surface area contributed by atoms with Crippen molar-refractivity contribution in [1.82, 2.24) is 14.8 Å². The molecule has 0 radical (unpaired) electrons.